The van der Waals surface area contributed by atoms with E-state index in [-0.39, 0.29) is 0 Å². The van der Waals surface area contributed by atoms with Crippen molar-refractivity contribution in [3.63, 3.8) is 0 Å². The molecule has 0 saturated heterocycles. The van der Waals surface area contributed by atoms with Gasteiger partial charge in [0.2, 0.25) is 0 Å². The molecule has 0 heterocycles. The number of hydrogen-bond acceptors (Lipinski definition) is 3. The van der Waals surface area contributed by atoms with E-state index in [0.29, 0.717) is 0 Å². The van der Waals surface area contributed by atoms with Crippen molar-refractivity contribution in [1.29, 1.82) is 0 Å². The minimum atomic E-state index is -3.51. The molecule has 0 N–H and O–H groups in total. The normalized spacial score (nSPS) is 12.3. The fourth-order valence-electron chi connectivity index (χ4n) is 0.0405. The standard InChI is InChI=1S/CH3FO3SXe/c1-6(3,4)5-7-2/h1H3. The molecule has 0 aromatic carbocycles. The summed E-state index contributed by atoms with van der Waals surface area (Å²) in [5.41, 5.74) is 0. The third-order valence-electron chi connectivity index (χ3n) is 0.129. The second kappa shape index (κ2) is 3.44. The van der Waals surface area contributed by atoms with E-state index in [4.69, 9.17) is 0 Å². The third kappa shape index (κ3) is 7.41. The molecule has 0 aromatic rings. The third-order valence-corrected chi connectivity index (χ3v) is 2.60. The number of rotatable bonds is 2. The zero-order valence-corrected chi connectivity index (χ0v) is 6.20. The van der Waals surface area contributed by atoms with Crippen LogP contribution in [-0.4, -0.2) is 14.7 Å². The Morgan fingerprint density at radius 2 is 2.14 bits per heavy atom. The van der Waals surface area contributed by atoms with Gasteiger partial charge in [0.05, 0.1) is 0 Å². The second-order valence-corrected chi connectivity index (χ2v) is 3.66. The average molecular weight is 245 g/mol. The molecule has 0 atom stereocenters. The molecule has 0 saturated carbocycles. The SMILES string of the molecule is CS(=O)(=O)O[Xe]F. The first kappa shape index (κ1) is 8.41. The van der Waals surface area contributed by atoms with Crippen LogP contribution in [0.4, 0.5) is 0.0835 Å². The van der Waals surface area contributed by atoms with Gasteiger partial charge in [0.25, 0.3) is 0 Å². The molecule has 0 radical (unpaired) electrons. The molecule has 0 unspecified atom stereocenters. The van der Waals surface area contributed by atoms with Crippen LogP contribution in [0.15, 0.2) is 0 Å². The molecule has 46 valence electrons. The van der Waals surface area contributed by atoms with Gasteiger partial charge < -0.3 is 0 Å². The Morgan fingerprint density at radius 3 is 2.14 bits per heavy atom. The number of halogens is 1. The summed E-state index contributed by atoms with van der Waals surface area (Å²) in [6, 6.07) is 0. The zero-order valence-electron chi connectivity index (χ0n) is 3.36. The molecule has 0 aromatic heterocycles. The van der Waals surface area contributed by atoms with Gasteiger partial charge in [-0.3, -0.25) is 0 Å². The predicted molar refractivity (Wildman–Crippen MR) is 17.0 cm³/mol. The van der Waals surface area contributed by atoms with Crippen molar-refractivity contribution in [2.75, 3.05) is 6.26 Å². The molecule has 0 aliphatic carbocycles. The van der Waals surface area contributed by atoms with Crippen LogP contribution in [0, 0.1) is 45.8 Å². The van der Waals surface area contributed by atoms with Gasteiger partial charge in [-0.2, -0.15) is 0 Å². The van der Waals surface area contributed by atoms with Gasteiger partial charge in [0.1, 0.15) is 0 Å². The van der Waals surface area contributed by atoms with Crippen molar-refractivity contribution in [1.82, 2.24) is 0 Å². The Labute approximate surface area is 68.9 Å². The molecule has 7 heavy (non-hydrogen) atoms. The molecule has 0 bridgehead atoms. The first-order valence-corrected chi connectivity index (χ1v) is 4.59. The van der Waals surface area contributed by atoms with E-state index in [1.54, 1.807) is 0 Å². The van der Waals surface area contributed by atoms with Gasteiger partial charge in [0, 0.05) is 0 Å². The van der Waals surface area contributed by atoms with Crippen LogP contribution < -0.4 is 0 Å². The topological polar surface area (TPSA) is 43.4 Å². The van der Waals surface area contributed by atoms with Crippen LogP contribution in [0.3, 0.4) is 0 Å². The summed E-state index contributed by atoms with van der Waals surface area (Å²) in [6.07, 6.45) is 0.807. The van der Waals surface area contributed by atoms with Crippen molar-refractivity contribution >= 4 is 10.1 Å². The van der Waals surface area contributed by atoms with Gasteiger partial charge in [-0.1, -0.05) is 0 Å². The zero-order chi connectivity index (χ0) is 5.91. The number of hydrogen-bond donors (Lipinski definition) is 0. The van der Waals surface area contributed by atoms with Crippen molar-refractivity contribution in [3.05, 3.63) is 0 Å². The van der Waals surface area contributed by atoms with Crippen molar-refractivity contribution in [2.24, 2.45) is 0 Å². The summed E-state index contributed by atoms with van der Waals surface area (Å²) in [5.74, 6) is 0. The van der Waals surface area contributed by atoms with Crippen LogP contribution in [0.5, 0.6) is 0 Å². The maximum atomic E-state index is 11.0. The van der Waals surface area contributed by atoms with Gasteiger partial charge in [0.15, 0.2) is 0 Å². The van der Waals surface area contributed by atoms with Crippen LogP contribution >= 0.6 is 0 Å². The fraction of sp³-hybridized carbons (Fsp3) is 1.00. The molecule has 0 rings (SSSR count). The van der Waals surface area contributed by atoms with E-state index in [1.807, 2.05) is 0 Å². The Kier molecular flexibility index (Phi) is 4.13. The quantitative estimate of drug-likeness (QED) is 0.679. The van der Waals surface area contributed by atoms with Crippen LogP contribution in [-0.2, 0) is 9.62 Å². The molecule has 0 aliphatic rings. The average Bonchev–Trinajstić information content (AvgIpc) is 1.30. The van der Waals surface area contributed by atoms with Crippen LogP contribution in [0.1, 0.15) is 0 Å². The summed E-state index contributed by atoms with van der Waals surface area (Å²) in [6.45, 7) is 0. The van der Waals surface area contributed by atoms with Crippen molar-refractivity contribution in [2.45, 2.75) is 0 Å². The molecule has 0 spiro atoms. The molecule has 6 heteroatoms. The van der Waals surface area contributed by atoms with E-state index >= 15 is 0 Å². The minimum absolute atomic E-state index is 0.807. The van der Waals surface area contributed by atoms with E-state index in [2.05, 4.69) is -0.497 Å². The van der Waals surface area contributed by atoms with E-state index in [9.17, 15) is 8.50 Å². The Morgan fingerprint density at radius 1 is 1.71 bits per heavy atom. The predicted octanol–water partition coefficient (Wildman–Crippen LogP) is -0.153. The molecular weight excluding hydrogens is 242 g/mol. The van der Waals surface area contributed by atoms with E-state index < -0.39 is 55.9 Å². The Hall–Kier alpha value is 1.41. The van der Waals surface area contributed by atoms with Crippen LogP contribution in [0.2, 0.25) is 0 Å². The van der Waals surface area contributed by atoms with Gasteiger partial charge in [-0.25, -0.2) is 0 Å². The molecule has 0 amide bonds. The summed E-state index contributed by atoms with van der Waals surface area (Å²) in [5, 5.41) is 0. The monoisotopic (exact) mass is 246 g/mol. The summed E-state index contributed by atoms with van der Waals surface area (Å²) >= 11 is -1.93. The van der Waals surface area contributed by atoms with Gasteiger partial charge in [-0.05, 0) is 0 Å². The fourth-order valence-corrected chi connectivity index (χ4v) is 0.814. The van der Waals surface area contributed by atoms with Crippen molar-refractivity contribution in [3.8, 4) is 0 Å². The van der Waals surface area contributed by atoms with E-state index in [0.717, 1.165) is 6.26 Å². The van der Waals surface area contributed by atoms with Gasteiger partial charge in [-0.15, -0.1) is 0 Å². The summed E-state index contributed by atoms with van der Waals surface area (Å²) in [7, 11) is -3.51. The molecule has 0 fully saturated rings. The van der Waals surface area contributed by atoms with Crippen molar-refractivity contribution < 1.29 is 53.8 Å². The Bertz CT molecular complexity index is 128. The second-order valence-electron chi connectivity index (χ2n) is 0.818. The molecule has 0 aliphatic heterocycles. The summed E-state index contributed by atoms with van der Waals surface area (Å²) < 4.78 is 34.2. The summed E-state index contributed by atoms with van der Waals surface area (Å²) in [4.78, 5) is 0. The molecule has 3 nitrogen and oxygen atoms in total. The van der Waals surface area contributed by atoms with Gasteiger partial charge >= 0.3 is 70.2 Å². The first-order valence-electron chi connectivity index (χ1n) is 1.19. The maximum absolute atomic E-state index is 11.0. The molecular formula is CH3FO3SXe. The first-order chi connectivity index (χ1) is 3.06. The Balaban J connectivity index is 3.60. The van der Waals surface area contributed by atoms with E-state index in [1.165, 1.54) is 0 Å². The van der Waals surface area contributed by atoms with Crippen LogP contribution in [0.25, 0.3) is 0 Å².